The second-order valence-electron chi connectivity index (χ2n) is 8.99. The number of rotatable bonds is 7. The number of methoxy groups -OCH3 is 1. The molecule has 5 rings (SSSR count). The van der Waals surface area contributed by atoms with Crippen molar-refractivity contribution in [3.8, 4) is 17.0 Å². The number of benzene rings is 2. The fourth-order valence-corrected chi connectivity index (χ4v) is 4.52. The first kappa shape index (κ1) is 26.8. The predicted molar refractivity (Wildman–Crippen MR) is 131 cm³/mol. The van der Waals surface area contributed by atoms with E-state index in [4.69, 9.17) is 9.47 Å². The third kappa shape index (κ3) is 5.36. The third-order valence-corrected chi connectivity index (χ3v) is 6.34. The van der Waals surface area contributed by atoms with Gasteiger partial charge in [-0.15, -0.1) is 0 Å². The number of morpholine rings is 1. The minimum absolute atomic E-state index is 0.0952. The molecule has 4 aromatic rings. The molecule has 0 spiro atoms. The van der Waals surface area contributed by atoms with Crippen molar-refractivity contribution >= 4 is 17.0 Å². The molecule has 0 amide bonds. The molecule has 3 heterocycles. The van der Waals surface area contributed by atoms with Crippen molar-refractivity contribution in [2.75, 3.05) is 38.5 Å². The lowest BCUT2D eigenvalue weighted by molar-refractivity contribution is -0.140. The highest BCUT2D eigenvalue weighted by Gasteiger charge is 2.39. The third-order valence-electron chi connectivity index (χ3n) is 6.34. The summed E-state index contributed by atoms with van der Waals surface area (Å²) < 4.78 is 87.4. The number of anilines is 1. The maximum absolute atomic E-state index is 15.3. The Labute approximate surface area is 219 Å². The van der Waals surface area contributed by atoms with E-state index in [0.29, 0.717) is 38.1 Å². The number of halogens is 5. The minimum Gasteiger partial charge on any atom is -0.461 e. The molecule has 1 saturated heterocycles. The van der Waals surface area contributed by atoms with Gasteiger partial charge < -0.3 is 19.1 Å². The first-order valence-corrected chi connectivity index (χ1v) is 12.0. The Bertz CT molecular complexity index is 1480. The highest BCUT2D eigenvalue weighted by atomic mass is 19.4. The Kier molecular flexibility index (Phi) is 7.36. The topological polar surface area (TPSA) is 74.5 Å². The maximum Gasteiger partial charge on any atom is 0.419 e. The Morgan fingerprint density at radius 2 is 1.90 bits per heavy atom. The van der Waals surface area contributed by atoms with Gasteiger partial charge in [-0.1, -0.05) is 30.3 Å². The van der Waals surface area contributed by atoms with Crippen LogP contribution in [0.5, 0.6) is 5.75 Å². The molecule has 1 aliphatic rings. The van der Waals surface area contributed by atoms with Gasteiger partial charge in [-0.2, -0.15) is 23.3 Å². The van der Waals surface area contributed by atoms with Gasteiger partial charge in [0.15, 0.2) is 29.8 Å². The molecule has 1 aliphatic heterocycles. The summed E-state index contributed by atoms with van der Waals surface area (Å²) >= 11 is 0. The number of aryl methyl sites for hydroxylation is 1. The number of fused-ring (bicyclic) bond motifs is 1. The van der Waals surface area contributed by atoms with Gasteiger partial charge in [0.25, 0.3) is 0 Å². The summed E-state index contributed by atoms with van der Waals surface area (Å²) in [6.07, 6.45) is -3.14. The molecule has 1 atom stereocenters. The van der Waals surface area contributed by atoms with Crippen LogP contribution in [-0.4, -0.2) is 59.5 Å². The summed E-state index contributed by atoms with van der Waals surface area (Å²) in [6, 6.07) is 10.3. The van der Waals surface area contributed by atoms with Crippen molar-refractivity contribution in [3.63, 3.8) is 0 Å². The molecular weight excluding hydrogens is 525 g/mol. The van der Waals surface area contributed by atoms with E-state index in [-0.39, 0.29) is 22.8 Å². The summed E-state index contributed by atoms with van der Waals surface area (Å²) in [5, 5.41) is 4.39. The van der Waals surface area contributed by atoms with Gasteiger partial charge in [-0.25, -0.2) is 18.4 Å². The molecule has 206 valence electrons. The standard InChI is InChI=1S/C26H24F5N5O3/c1-35-24-18(12-32-25(33-24)36-8-9-38-16(13-36)10-15-6-4-3-5-7-15)22(34-35)17-11-19(26(29,30)31)21(28)23(20(17)27)39-14-37-2/h3-7,11-12,16H,8-10,13-14H2,1-2H3. The highest BCUT2D eigenvalue weighted by molar-refractivity contribution is 5.91. The van der Waals surface area contributed by atoms with Gasteiger partial charge >= 0.3 is 6.18 Å². The maximum atomic E-state index is 15.3. The number of nitrogens with zero attached hydrogens (tertiary/aromatic N) is 5. The molecule has 0 N–H and O–H groups in total. The number of hydrogen-bond donors (Lipinski definition) is 0. The summed E-state index contributed by atoms with van der Waals surface area (Å²) in [5.41, 5.74) is -1.10. The summed E-state index contributed by atoms with van der Waals surface area (Å²) in [4.78, 5) is 10.9. The number of ether oxygens (including phenoxy) is 3. The van der Waals surface area contributed by atoms with Gasteiger partial charge in [-0.3, -0.25) is 0 Å². The van der Waals surface area contributed by atoms with Gasteiger partial charge in [0, 0.05) is 45.4 Å². The van der Waals surface area contributed by atoms with Crippen LogP contribution in [0.15, 0.2) is 42.6 Å². The predicted octanol–water partition coefficient (Wildman–Crippen LogP) is 4.76. The monoisotopic (exact) mass is 549 g/mol. The molecule has 13 heteroatoms. The lowest BCUT2D eigenvalue weighted by Gasteiger charge is -2.33. The Balaban J connectivity index is 1.51. The molecule has 2 aromatic heterocycles. The fourth-order valence-electron chi connectivity index (χ4n) is 4.52. The minimum atomic E-state index is -5.11. The number of alkyl halides is 3. The van der Waals surface area contributed by atoms with E-state index in [0.717, 1.165) is 5.56 Å². The lowest BCUT2D eigenvalue weighted by atomic mass is 10.0. The highest BCUT2D eigenvalue weighted by Crippen LogP contribution is 2.42. The van der Waals surface area contributed by atoms with Crippen LogP contribution < -0.4 is 9.64 Å². The molecule has 1 unspecified atom stereocenters. The van der Waals surface area contributed by atoms with Crippen LogP contribution in [0.4, 0.5) is 27.9 Å². The quantitative estimate of drug-likeness (QED) is 0.243. The smallest absolute Gasteiger partial charge is 0.419 e. The average Bonchev–Trinajstić information content (AvgIpc) is 3.24. The van der Waals surface area contributed by atoms with Crippen LogP contribution >= 0.6 is 0 Å². The van der Waals surface area contributed by atoms with Gasteiger partial charge in [-0.05, 0) is 11.6 Å². The van der Waals surface area contributed by atoms with Crippen molar-refractivity contribution < 1.29 is 36.2 Å². The second-order valence-corrected chi connectivity index (χ2v) is 8.99. The molecule has 0 bridgehead atoms. The first-order chi connectivity index (χ1) is 18.7. The summed E-state index contributed by atoms with van der Waals surface area (Å²) in [5.74, 6) is -4.07. The van der Waals surface area contributed by atoms with Crippen molar-refractivity contribution in [2.45, 2.75) is 18.7 Å². The summed E-state index contributed by atoms with van der Waals surface area (Å²) in [7, 11) is 2.69. The van der Waals surface area contributed by atoms with E-state index in [1.54, 1.807) is 0 Å². The number of aromatic nitrogens is 4. The SMILES string of the molecule is COCOc1c(F)c(-c2nn(C)c3nc(N4CCOC(Cc5ccccc5)C4)ncc23)cc(C(F)(F)F)c1F. The first-order valence-electron chi connectivity index (χ1n) is 12.0. The zero-order valence-corrected chi connectivity index (χ0v) is 21.0. The molecule has 8 nitrogen and oxygen atoms in total. The molecule has 0 saturated carbocycles. The van der Waals surface area contributed by atoms with Crippen molar-refractivity contribution in [2.24, 2.45) is 7.05 Å². The molecule has 0 radical (unpaired) electrons. The normalized spacial score (nSPS) is 16.2. The van der Waals surface area contributed by atoms with E-state index >= 15 is 4.39 Å². The van der Waals surface area contributed by atoms with Crippen molar-refractivity contribution in [1.29, 1.82) is 0 Å². The molecule has 2 aromatic carbocycles. The van der Waals surface area contributed by atoms with Crippen molar-refractivity contribution in [1.82, 2.24) is 19.7 Å². The van der Waals surface area contributed by atoms with Crippen LogP contribution in [0.2, 0.25) is 0 Å². The Morgan fingerprint density at radius 3 is 2.62 bits per heavy atom. The largest absolute Gasteiger partial charge is 0.461 e. The van der Waals surface area contributed by atoms with Gasteiger partial charge in [0.2, 0.25) is 5.95 Å². The van der Waals surface area contributed by atoms with Gasteiger partial charge in [0.05, 0.1) is 23.7 Å². The molecule has 0 aliphatic carbocycles. The van der Waals surface area contributed by atoms with E-state index in [9.17, 15) is 17.6 Å². The van der Waals surface area contributed by atoms with Crippen LogP contribution in [0.1, 0.15) is 11.1 Å². The van der Waals surface area contributed by atoms with Gasteiger partial charge in [0.1, 0.15) is 5.69 Å². The van der Waals surface area contributed by atoms with E-state index in [1.807, 2.05) is 35.2 Å². The molecule has 1 fully saturated rings. The second kappa shape index (κ2) is 10.7. The molecule has 39 heavy (non-hydrogen) atoms. The zero-order chi connectivity index (χ0) is 27.7. The van der Waals surface area contributed by atoms with E-state index in [1.165, 1.54) is 25.0 Å². The van der Waals surface area contributed by atoms with E-state index < -0.39 is 41.5 Å². The molecular formula is C26H24F5N5O3. The van der Waals surface area contributed by atoms with E-state index in [2.05, 4.69) is 19.8 Å². The summed E-state index contributed by atoms with van der Waals surface area (Å²) in [6.45, 7) is 0.853. The Morgan fingerprint density at radius 1 is 1.13 bits per heavy atom. The van der Waals surface area contributed by atoms with Crippen molar-refractivity contribution in [3.05, 3.63) is 65.4 Å². The van der Waals surface area contributed by atoms with Crippen LogP contribution in [0.25, 0.3) is 22.3 Å². The zero-order valence-electron chi connectivity index (χ0n) is 21.0. The van der Waals surface area contributed by atoms with Crippen LogP contribution in [0.3, 0.4) is 0 Å². The van der Waals surface area contributed by atoms with Crippen LogP contribution in [-0.2, 0) is 29.1 Å². The number of hydrogen-bond acceptors (Lipinski definition) is 7. The lowest BCUT2D eigenvalue weighted by Crippen LogP contribution is -2.44. The Hall–Kier alpha value is -3.84. The average molecular weight is 550 g/mol. The van der Waals surface area contributed by atoms with Crippen LogP contribution in [0, 0.1) is 11.6 Å². The fraction of sp³-hybridized carbons (Fsp3) is 0.346.